The number of nitrogens with one attached hydrogen (secondary N) is 2. The number of hydrogen-bond acceptors (Lipinski definition) is 5. The van der Waals surface area contributed by atoms with Gasteiger partial charge in [-0.25, -0.2) is 9.97 Å². The standard InChI is InChI=1S/C21H26N6O2.HI/c1-16-23-10-12-27(16)20-9-4-17(14-25-20)15-26-21(22-2)24-11-13-29-19-7-5-18(28-3)6-8-19;/h4-10,12,14H,11,13,15H2,1-3H3,(H2,22,24,26);1H. The fourth-order valence-corrected chi connectivity index (χ4v) is 2.70. The summed E-state index contributed by atoms with van der Waals surface area (Å²) in [6.45, 7) is 3.72. The van der Waals surface area contributed by atoms with Gasteiger partial charge in [0.2, 0.25) is 0 Å². The normalized spacial score (nSPS) is 10.8. The summed E-state index contributed by atoms with van der Waals surface area (Å²) in [6.07, 6.45) is 5.51. The van der Waals surface area contributed by atoms with Crippen LogP contribution in [0, 0.1) is 6.92 Å². The summed E-state index contributed by atoms with van der Waals surface area (Å²) in [4.78, 5) is 12.9. The number of benzene rings is 1. The molecule has 0 aliphatic heterocycles. The molecule has 0 bridgehead atoms. The largest absolute Gasteiger partial charge is 0.497 e. The highest BCUT2D eigenvalue weighted by atomic mass is 127. The number of halogens is 1. The Hall–Kier alpha value is -2.82. The molecule has 1 aromatic carbocycles. The Balaban J connectivity index is 0.00000320. The minimum Gasteiger partial charge on any atom is -0.497 e. The number of ether oxygens (including phenoxy) is 2. The first-order valence-electron chi connectivity index (χ1n) is 9.36. The van der Waals surface area contributed by atoms with Gasteiger partial charge in [0.05, 0.1) is 13.7 Å². The number of guanidine groups is 1. The van der Waals surface area contributed by atoms with Crippen molar-refractivity contribution in [3.8, 4) is 17.3 Å². The van der Waals surface area contributed by atoms with E-state index < -0.39 is 0 Å². The highest BCUT2D eigenvalue weighted by molar-refractivity contribution is 14.0. The highest BCUT2D eigenvalue weighted by Crippen LogP contribution is 2.16. The number of aliphatic imine (C=N–C) groups is 1. The number of aromatic nitrogens is 3. The first-order chi connectivity index (χ1) is 14.2. The van der Waals surface area contributed by atoms with Crippen LogP contribution in [0.2, 0.25) is 0 Å². The quantitative estimate of drug-likeness (QED) is 0.205. The van der Waals surface area contributed by atoms with E-state index in [1.54, 1.807) is 20.4 Å². The number of imidazole rings is 1. The molecule has 0 amide bonds. The van der Waals surface area contributed by atoms with Crippen LogP contribution in [-0.2, 0) is 6.54 Å². The Labute approximate surface area is 193 Å². The van der Waals surface area contributed by atoms with Crippen LogP contribution in [0.3, 0.4) is 0 Å². The second kappa shape index (κ2) is 12.0. The summed E-state index contributed by atoms with van der Waals surface area (Å²) in [6, 6.07) is 11.5. The van der Waals surface area contributed by atoms with E-state index in [-0.39, 0.29) is 24.0 Å². The zero-order valence-electron chi connectivity index (χ0n) is 17.3. The van der Waals surface area contributed by atoms with Crippen molar-refractivity contribution in [2.75, 3.05) is 27.3 Å². The first kappa shape index (κ1) is 23.5. The van der Waals surface area contributed by atoms with Gasteiger partial charge in [0.1, 0.15) is 29.7 Å². The summed E-state index contributed by atoms with van der Waals surface area (Å²) < 4.78 is 12.8. The van der Waals surface area contributed by atoms with Crippen molar-refractivity contribution in [2.24, 2.45) is 4.99 Å². The van der Waals surface area contributed by atoms with Crippen LogP contribution in [-0.4, -0.2) is 47.8 Å². The van der Waals surface area contributed by atoms with Crippen LogP contribution >= 0.6 is 24.0 Å². The van der Waals surface area contributed by atoms with E-state index in [9.17, 15) is 0 Å². The maximum atomic E-state index is 5.70. The lowest BCUT2D eigenvalue weighted by Gasteiger charge is -2.13. The Morgan fingerprint density at radius 3 is 2.43 bits per heavy atom. The molecular weight excluding hydrogens is 495 g/mol. The van der Waals surface area contributed by atoms with E-state index >= 15 is 0 Å². The monoisotopic (exact) mass is 522 g/mol. The topological polar surface area (TPSA) is 85.6 Å². The van der Waals surface area contributed by atoms with Crippen molar-refractivity contribution in [1.29, 1.82) is 0 Å². The molecule has 0 spiro atoms. The van der Waals surface area contributed by atoms with E-state index in [1.807, 2.05) is 60.3 Å². The van der Waals surface area contributed by atoms with Crippen LogP contribution < -0.4 is 20.1 Å². The number of hydrogen-bond donors (Lipinski definition) is 2. The lowest BCUT2D eigenvalue weighted by molar-refractivity contribution is 0.321. The maximum Gasteiger partial charge on any atom is 0.191 e. The van der Waals surface area contributed by atoms with Gasteiger partial charge >= 0.3 is 0 Å². The third-order valence-corrected chi connectivity index (χ3v) is 4.29. The van der Waals surface area contributed by atoms with Crippen LogP contribution in [0.25, 0.3) is 5.82 Å². The van der Waals surface area contributed by atoms with E-state index in [0.29, 0.717) is 25.7 Å². The maximum absolute atomic E-state index is 5.70. The second-order valence-electron chi connectivity index (χ2n) is 6.25. The molecule has 160 valence electrons. The molecule has 9 heteroatoms. The predicted molar refractivity (Wildman–Crippen MR) is 128 cm³/mol. The van der Waals surface area contributed by atoms with Gasteiger partial charge in [-0.15, -0.1) is 24.0 Å². The van der Waals surface area contributed by atoms with Crippen molar-refractivity contribution in [1.82, 2.24) is 25.2 Å². The Morgan fingerprint density at radius 2 is 1.83 bits per heavy atom. The zero-order valence-corrected chi connectivity index (χ0v) is 19.7. The van der Waals surface area contributed by atoms with Crippen molar-refractivity contribution in [3.63, 3.8) is 0 Å². The van der Waals surface area contributed by atoms with Crippen LogP contribution in [0.4, 0.5) is 0 Å². The SMILES string of the molecule is CN=C(NCCOc1ccc(OC)cc1)NCc1ccc(-n2ccnc2C)nc1.I. The molecule has 0 aliphatic rings. The summed E-state index contributed by atoms with van der Waals surface area (Å²) in [5.41, 5.74) is 1.06. The third kappa shape index (κ3) is 6.61. The lowest BCUT2D eigenvalue weighted by Crippen LogP contribution is -2.38. The molecule has 2 N–H and O–H groups in total. The molecule has 0 saturated heterocycles. The minimum atomic E-state index is 0. The number of aryl methyl sites for hydroxylation is 1. The van der Waals surface area contributed by atoms with Gasteiger partial charge in [-0.1, -0.05) is 6.07 Å². The minimum absolute atomic E-state index is 0. The van der Waals surface area contributed by atoms with E-state index in [0.717, 1.165) is 28.7 Å². The average Bonchev–Trinajstić information content (AvgIpc) is 3.20. The number of pyridine rings is 1. The molecular formula is C21H27IN6O2. The van der Waals surface area contributed by atoms with Gasteiger partial charge < -0.3 is 20.1 Å². The molecule has 3 aromatic rings. The van der Waals surface area contributed by atoms with Gasteiger partial charge in [-0.05, 0) is 42.8 Å². The van der Waals surface area contributed by atoms with E-state index in [2.05, 4.69) is 25.6 Å². The first-order valence-corrected chi connectivity index (χ1v) is 9.36. The van der Waals surface area contributed by atoms with Crippen LogP contribution in [0.5, 0.6) is 11.5 Å². The van der Waals surface area contributed by atoms with Gasteiger partial charge in [-0.2, -0.15) is 0 Å². The van der Waals surface area contributed by atoms with Crippen molar-refractivity contribution >= 4 is 29.9 Å². The van der Waals surface area contributed by atoms with Crippen LogP contribution in [0.15, 0.2) is 60.0 Å². The fourth-order valence-electron chi connectivity index (χ4n) is 2.70. The Kier molecular flexibility index (Phi) is 9.39. The number of methoxy groups -OCH3 is 1. The molecule has 8 nitrogen and oxygen atoms in total. The Bertz CT molecular complexity index is 925. The molecule has 2 aromatic heterocycles. The summed E-state index contributed by atoms with van der Waals surface area (Å²) in [5, 5.41) is 6.50. The number of nitrogens with zero attached hydrogens (tertiary/aromatic N) is 4. The van der Waals surface area contributed by atoms with Crippen molar-refractivity contribution < 1.29 is 9.47 Å². The molecule has 0 atom stereocenters. The second-order valence-corrected chi connectivity index (χ2v) is 6.25. The van der Waals surface area contributed by atoms with E-state index in [4.69, 9.17) is 9.47 Å². The zero-order chi connectivity index (χ0) is 20.5. The highest BCUT2D eigenvalue weighted by Gasteiger charge is 2.03. The summed E-state index contributed by atoms with van der Waals surface area (Å²) in [5.74, 6) is 4.07. The van der Waals surface area contributed by atoms with Gasteiger partial charge in [0.15, 0.2) is 5.96 Å². The summed E-state index contributed by atoms with van der Waals surface area (Å²) >= 11 is 0. The van der Waals surface area contributed by atoms with Gasteiger partial charge in [-0.3, -0.25) is 9.56 Å². The Morgan fingerprint density at radius 1 is 1.07 bits per heavy atom. The molecule has 3 rings (SSSR count). The van der Waals surface area contributed by atoms with Crippen LogP contribution in [0.1, 0.15) is 11.4 Å². The van der Waals surface area contributed by atoms with Gasteiger partial charge in [0.25, 0.3) is 0 Å². The number of rotatable bonds is 8. The smallest absolute Gasteiger partial charge is 0.191 e. The molecule has 0 unspecified atom stereocenters. The predicted octanol–water partition coefficient (Wildman–Crippen LogP) is 2.95. The lowest BCUT2D eigenvalue weighted by atomic mass is 10.3. The average molecular weight is 522 g/mol. The fraction of sp³-hybridized carbons (Fsp3) is 0.286. The molecule has 0 radical (unpaired) electrons. The molecule has 0 saturated carbocycles. The van der Waals surface area contributed by atoms with E-state index in [1.165, 1.54) is 0 Å². The molecule has 30 heavy (non-hydrogen) atoms. The van der Waals surface area contributed by atoms with Gasteiger partial charge in [0, 0.05) is 32.2 Å². The molecule has 2 heterocycles. The third-order valence-electron chi connectivity index (χ3n) is 4.29. The van der Waals surface area contributed by atoms with Crippen molar-refractivity contribution in [3.05, 3.63) is 66.4 Å². The molecule has 0 fully saturated rings. The molecule has 0 aliphatic carbocycles. The summed E-state index contributed by atoms with van der Waals surface area (Å²) in [7, 11) is 3.38. The van der Waals surface area contributed by atoms with Crippen molar-refractivity contribution in [2.45, 2.75) is 13.5 Å².